The maximum Gasteiger partial charge on any atom is 0.416 e. The predicted molar refractivity (Wildman–Crippen MR) is 93.0 cm³/mol. The molecule has 138 valence electrons. The van der Waals surface area contributed by atoms with Gasteiger partial charge in [-0.05, 0) is 63.6 Å². The number of hydrogen-bond donors (Lipinski definition) is 0. The van der Waals surface area contributed by atoms with E-state index in [4.69, 9.17) is 0 Å². The molecular weight excluding hydrogens is 329 g/mol. The highest BCUT2D eigenvalue weighted by Gasteiger charge is 2.30. The summed E-state index contributed by atoms with van der Waals surface area (Å²) in [6.07, 6.45) is 0.277. The molecule has 0 saturated carbocycles. The minimum atomic E-state index is -4.35. The molecule has 1 atom stereocenters. The van der Waals surface area contributed by atoms with E-state index in [0.29, 0.717) is 11.1 Å². The van der Waals surface area contributed by atoms with Crippen LogP contribution in [0, 0.1) is 0 Å². The van der Waals surface area contributed by atoms with Crippen molar-refractivity contribution >= 4 is 11.5 Å². The molecule has 3 nitrogen and oxygen atoms in total. The molecule has 0 aliphatic carbocycles. The zero-order valence-electron chi connectivity index (χ0n) is 14.9. The Balaban J connectivity index is 2.13. The lowest BCUT2D eigenvalue weighted by molar-refractivity contribution is -0.137. The lowest BCUT2D eigenvalue weighted by Crippen LogP contribution is -2.47. The van der Waals surface area contributed by atoms with Gasteiger partial charge in [0.15, 0.2) is 0 Å². The van der Waals surface area contributed by atoms with Gasteiger partial charge in [-0.2, -0.15) is 13.2 Å². The van der Waals surface area contributed by atoms with E-state index in [1.165, 1.54) is 18.2 Å². The fourth-order valence-electron chi connectivity index (χ4n) is 3.18. The van der Waals surface area contributed by atoms with Crippen LogP contribution in [0.15, 0.2) is 30.3 Å². The average Bonchev–Trinajstić information content (AvgIpc) is 2.54. The summed E-state index contributed by atoms with van der Waals surface area (Å²) in [5.41, 5.74) is 0.618. The summed E-state index contributed by atoms with van der Waals surface area (Å²) < 4.78 is 37.9. The summed E-state index contributed by atoms with van der Waals surface area (Å²) >= 11 is 0. The Morgan fingerprint density at radius 1 is 1.24 bits per heavy atom. The van der Waals surface area contributed by atoms with Crippen LogP contribution in [0.3, 0.4) is 0 Å². The first-order valence-corrected chi connectivity index (χ1v) is 8.49. The van der Waals surface area contributed by atoms with Gasteiger partial charge in [-0.15, -0.1) is 0 Å². The fourth-order valence-corrected chi connectivity index (χ4v) is 3.18. The number of piperidine rings is 1. The van der Waals surface area contributed by atoms with Gasteiger partial charge in [0, 0.05) is 25.2 Å². The molecule has 1 aliphatic rings. The van der Waals surface area contributed by atoms with Gasteiger partial charge < -0.3 is 9.80 Å². The number of benzene rings is 1. The molecule has 1 unspecified atom stereocenters. The minimum absolute atomic E-state index is 0.0658. The maximum atomic E-state index is 12.7. The van der Waals surface area contributed by atoms with Crippen LogP contribution >= 0.6 is 0 Å². The summed E-state index contributed by atoms with van der Waals surface area (Å²) in [7, 11) is 3.97. The zero-order chi connectivity index (χ0) is 18.6. The predicted octanol–water partition coefficient (Wildman–Crippen LogP) is 4.05. The van der Waals surface area contributed by atoms with Gasteiger partial charge >= 0.3 is 6.18 Å². The molecule has 6 heteroatoms. The Kier molecular flexibility index (Phi) is 6.27. The molecule has 1 amide bonds. The molecule has 0 N–H and O–H groups in total. The summed E-state index contributed by atoms with van der Waals surface area (Å²) in [5.74, 6) is -0.0658. The highest BCUT2D eigenvalue weighted by Crippen LogP contribution is 2.30. The second-order valence-corrected chi connectivity index (χ2v) is 6.85. The van der Waals surface area contributed by atoms with Crippen molar-refractivity contribution in [1.82, 2.24) is 9.80 Å². The fraction of sp³-hybridized carbons (Fsp3) is 0.526. The van der Waals surface area contributed by atoms with Crippen molar-refractivity contribution in [2.24, 2.45) is 0 Å². The molecule has 0 aromatic heterocycles. The molecule has 1 saturated heterocycles. The second kappa shape index (κ2) is 8.04. The lowest BCUT2D eigenvalue weighted by Gasteiger charge is -2.36. The minimum Gasteiger partial charge on any atom is -0.335 e. The topological polar surface area (TPSA) is 23.6 Å². The quantitative estimate of drug-likeness (QED) is 0.762. The third-order valence-corrected chi connectivity index (χ3v) is 4.49. The average molecular weight is 354 g/mol. The first kappa shape index (κ1) is 19.5. The number of halogens is 3. The highest BCUT2D eigenvalue weighted by atomic mass is 19.4. The van der Waals surface area contributed by atoms with Crippen molar-refractivity contribution in [3.63, 3.8) is 0 Å². The molecule has 0 spiro atoms. The van der Waals surface area contributed by atoms with Crippen molar-refractivity contribution in [2.45, 2.75) is 38.4 Å². The number of likely N-dealkylation sites (N-methyl/N-ethyl adjacent to an activating group) is 1. The lowest BCUT2D eigenvalue weighted by atomic mass is 10.0. The Morgan fingerprint density at radius 3 is 2.44 bits per heavy atom. The summed E-state index contributed by atoms with van der Waals surface area (Å²) in [6.45, 7) is 3.30. The Morgan fingerprint density at radius 2 is 1.88 bits per heavy atom. The molecule has 0 bridgehead atoms. The van der Waals surface area contributed by atoms with Gasteiger partial charge in [-0.3, -0.25) is 4.79 Å². The maximum absolute atomic E-state index is 12.7. The molecule has 25 heavy (non-hydrogen) atoms. The first-order valence-electron chi connectivity index (χ1n) is 8.49. The van der Waals surface area contributed by atoms with Crippen LogP contribution in [0.2, 0.25) is 0 Å². The van der Waals surface area contributed by atoms with E-state index < -0.39 is 11.7 Å². The van der Waals surface area contributed by atoms with Crippen molar-refractivity contribution in [3.05, 3.63) is 41.5 Å². The molecule has 1 aromatic carbocycles. The summed E-state index contributed by atoms with van der Waals surface area (Å²) in [4.78, 5) is 16.6. The number of nitrogens with zero attached hydrogens (tertiary/aromatic N) is 2. The largest absolute Gasteiger partial charge is 0.416 e. The summed E-state index contributed by atoms with van der Waals surface area (Å²) in [5, 5.41) is 0. The normalized spacial score (nSPS) is 19.4. The Bertz CT molecular complexity index is 621. The number of carbonyl (C=O) groups excluding carboxylic acids is 1. The highest BCUT2D eigenvalue weighted by molar-refractivity contribution is 5.95. The van der Waals surface area contributed by atoms with Gasteiger partial charge in [0.1, 0.15) is 0 Å². The molecule has 1 aliphatic heterocycles. The Hall–Kier alpha value is -1.82. The number of likely N-dealkylation sites (tertiary alicyclic amines) is 1. The van der Waals surface area contributed by atoms with Crippen molar-refractivity contribution in [1.29, 1.82) is 0 Å². The third kappa shape index (κ3) is 5.33. The number of carbonyl (C=O) groups is 1. The number of alkyl halides is 3. The molecule has 2 rings (SSSR count). The van der Waals surface area contributed by atoms with Crippen LogP contribution in [-0.2, 0) is 11.0 Å². The van der Waals surface area contributed by atoms with Crippen molar-refractivity contribution in [3.8, 4) is 0 Å². The number of hydrogen-bond acceptors (Lipinski definition) is 2. The van der Waals surface area contributed by atoms with Crippen LogP contribution in [-0.4, -0.2) is 48.9 Å². The van der Waals surface area contributed by atoms with Crippen molar-refractivity contribution < 1.29 is 18.0 Å². The van der Waals surface area contributed by atoms with Crippen LogP contribution in [0.5, 0.6) is 0 Å². The summed E-state index contributed by atoms with van der Waals surface area (Å²) in [6, 6.07) is 5.11. The SMILES string of the molecule is C/C(=C/C(=O)N1CCCCC1CN(C)C)c1ccc(C(F)(F)F)cc1. The Labute approximate surface area is 147 Å². The van der Waals surface area contributed by atoms with Crippen molar-refractivity contribution in [2.75, 3.05) is 27.2 Å². The van der Waals surface area contributed by atoms with E-state index in [1.807, 2.05) is 19.0 Å². The number of allylic oxidation sites excluding steroid dienone is 1. The van der Waals surface area contributed by atoms with Crippen LogP contribution in [0.1, 0.15) is 37.3 Å². The van der Waals surface area contributed by atoms with Crippen LogP contribution in [0.4, 0.5) is 13.2 Å². The second-order valence-electron chi connectivity index (χ2n) is 6.85. The molecule has 1 fully saturated rings. The molecule has 1 heterocycles. The van der Waals surface area contributed by atoms with E-state index in [9.17, 15) is 18.0 Å². The monoisotopic (exact) mass is 354 g/mol. The molecule has 1 aromatic rings. The van der Waals surface area contributed by atoms with Gasteiger partial charge in [-0.25, -0.2) is 0 Å². The molecule has 0 radical (unpaired) electrons. The van der Waals surface area contributed by atoms with Gasteiger partial charge in [0.2, 0.25) is 5.91 Å². The number of amides is 1. The van der Waals surface area contributed by atoms with Crippen LogP contribution in [0.25, 0.3) is 5.57 Å². The number of rotatable bonds is 4. The zero-order valence-corrected chi connectivity index (χ0v) is 14.9. The van der Waals surface area contributed by atoms with E-state index in [1.54, 1.807) is 6.92 Å². The smallest absolute Gasteiger partial charge is 0.335 e. The molecular formula is C19H25F3N2O. The van der Waals surface area contributed by atoms with E-state index in [-0.39, 0.29) is 11.9 Å². The van der Waals surface area contributed by atoms with E-state index >= 15 is 0 Å². The van der Waals surface area contributed by atoms with Gasteiger partial charge in [-0.1, -0.05) is 12.1 Å². The van der Waals surface area contributed by atoms with E-state index in [0.717, 1.165) is 44.5 Å². The standard InChI is InChI=1S/C19H25F3N2O/c1-14(15-7-9-16(10-8-15)19(20,21)22)12-18(25)24-11-5-4-6-17(24)13-23(2)3/h7-10,12,17H,4-6,11,13H2,1-3H3/b14-12-. The first-order chi connectivity index (χ1) is 11.7. The van der Waals surface area contributed by atoms with Crippen LogP contribution < -0.4 is 0 Å². The van der Waals surface area contributed by atoms with E-state index in [2.05, 4.69) is 4.90 Å². The van der Waals surface area contributed by atoms with Gasteiger partial charge in [0.25, 0.3) is 0 Å². The van der Waals surface area contributed by atoms with Gasteiger partial charge in [0.05, 0.1) is 5.56 Å². The third-order valence-electron chi connectivity index (χ3n) is 4.49.